The maximum absolute atomic E-state index is 12.2. The van der Waals surface area contributed by atoms with Gasteiger partial charge in [-0.3, -0.25) is 14.8 Å². The van der Waals surface area contributed by atoms with Crippen LogP contribution < -0.4 is 0 Å². The zero-order valence-corrected chi connectivity index (χ0v) is 11.3. The number of carbonyl (C=O) groups excluding carboxylic acids is 1. The standard InChI is InChI=1S/C12H18N6O2/c13-2-1-3-18(12(19)11-14-10-15-16-11)5-4-17-6-8-20-9-7-17/h10H,1,3-9H2,(H,14,15,16). The minimum absolute atomic E-state index is 0.213. The summed E-state index contributed by atoms with van der Waals surface area (Å²) < 4.78 is 5.29. The van der Waals surface area contributed by atoms with Crippen LogP contribution in [0.4, 0.5) is 0 Å². The maximum Gasteiger partial charge on any atom is 0.291 e. The molecule has 8 heteroatoms. The molecule has 1 saturated heterocycles. The highest BCUT2D eigenvalue weighted by molar-refractivity contribution is 5.90. The molecule has 0 bridgehead atoms. The molecule has 0 atom stereocenters. The van der Waals surface area contributed by atoms with Gasteiger partial charge in [0.1, 0.15) is 6.33 Å². The van der Waals surface area contributed by atoms with Crippen molar-refractivity contribution < 1.29 is 9.53 Å². The Morgan fingerprint density at radius 3 is 2.95 bits per heavy atom. The van der Waals surface area contributed by atoms with Crippen molar-refractivity contribution in [2.75, 3.05) is 45.9 Å². The van der Waals surface area contributed by atoms with Crippen molar-refractivity contribution in [3.8, 4) is 6.07 Å². The normalized spacial score (nSPS) is 15.8. The molecule has 1 aromatic rings. The zero-order chi connectivity index (χ0) is 14.2. The molecule has 20 heavy (non-hydrogen) atoms. The summed E-state index contributed by atoms with van der Waals surface area (Å²) in [6, 6.07) is 2.06. The Bertz CT molecular complexity index is 449. The highest BCUT2D eigenvalue weighted by atomic mass is 16.5. The van der Waals surface area contributed by atoms with Gasteiger partial charge in [-0.2, -0.15) is 10.4 Å². The van der Waals surface area contributed by atoms with Gasteiger partial charge in [0, 0.05) is 32.7 Å². The van der Waals surface area contributed by atoms with Crippen LogP contribution in [0.2, 0.25) is 0 Å². The first-order valence-electron chi connectivity index (χ1n) is 6.63. The second-order valence-corrected chi connectivity index (χ2v) is 4.49. The SMILES string of the molecule is N#CCCN(CCN1CCOCC1)C(=O)c1ncn[nH]1. The van der Waals surface area contributed by atoms with E-state index in [-0.39, 0.29) is 11.7 Å². The molecule has 0 spiro atoms. The Labute approximate surface area is 117 Å². The first-order chi connectivity index (χ1) is 9.81. The Hall–Kier alpha value is -1.98. The number of carbonyl (C=O) groups is 1. The van der Waals surface area contributed by atoms with Gasteiger partial charge in [-0.25, -0.2) is 4.98 Å². The summed E-state index contributed by atoms with van der Waals surface area (Å²) in [5.41, 5.74) is 0. The van der Waals surface area contributed by atoms with Crippen molar-refractivity contribution >= 4 is 5.91 Å². The fraction of sp³-hybridized carbons (Fsp3) is 0.667. The van der Waals surface area contributed by atoms with E-state index in [1.165, 1.54) is 6.33 Å². The Morgan fingerprint density at radius 2 is 2.30 bits per heavy atom. The molecule has 1 N–H and O–H groups in total. The fourth-order valence-electron chi connectivity index (χ4n) is 2.05. The van der Waals surface area contributed by atoms with Crippen LogP contribution in [-0.4, -0.2) is 76.8 Å². The molecule has 1 aromatic heterocycles. The van der Waals surface area contributed by atoms with Crippen molar-refractivity contribution in [1.82, 2.24) is 25.0 Å². The van der Waals surface area contributed by atoms with Crippen molar-refractivity contribution in [3.63, 3.8) is 0 Å². The molecule has 1 aliphatic rings. The number of ether oxygens (including phenoxy) is 1. The topological polar surface area (TPSA) is 98.1 Å². The predicted octanol–water partition coefficient (Wildman–Crippen LogP) is -0.507. The van der Waals surface area contributed by atoms with Gasteiger partial charge in [-0.15, -0.1) is 0 Å². The van der Waals surface area contributed by atoms with Crippen molar-refractivity contribution in [1.29, 1.82) is 5.26 Å². The lowest BCUT2D eigenvalue weighted by Gasteiger charge is -2.29. The predicted molar refractivity (Wildman–Crippen MR) is 69.8 cm³/mol. The molecule has 2 rings (SSSR count). The molecule has 8 nitrogen and oxygen atoms in total. The summed E-state index contributed by atoms with van der Waals surface area (Å²) in [6.07, 6.45) is 1.61. The van der Waals surface area contributed by atoms with Crippen LogP contribution in [0.5, 0.6) is 0 Å². The minimum atomic E-state index is -0.217. The minimum Gasteiger partial charge on any atom is -0.379 e. The molecule has 1 fully saturated rings. The molecule has 0 aliphatic carbocycles. The maximum atomic E-state index is 12.2. The van der Waals surface area contributed by atoms with Crippen LogP contribution >= 0.6 is 0 Å². The van der Waals surface area contributed by atoms with E-state index in [0.29, 0.717) is 19.5 Å². The van der Waals surface area contributed by atoms with Gasteiger partial charge in [0.15, 0.2) is 0 Å². The molecule has 0 aromatic carbocycles. The smallest absolute Gasteiger partial charge is 0.291 e. The summed E-state index contributed by atoms with van der Waals surface area (Å²) >= 11 is 0. The molecule has 0 radical (unpaired) electrons. The number of rotatable bonds is 6. The summed E-state index contributed by atoms with van der Waals surface area (Å²) in [5.74, 6) is -0.00377. The first-order valence-corrected chi connectivity index (χ1v) is 6.63. The lowest BCUT2D eigenvalue weighted by atomic mass is 10.3. The van der Waals surface area contributed by atoms with Crippen LogP contribution in [0.25, 0.3) is 0 Å². The number of aromatic amines is 1. The average Bonchev–Trinajstić information content (AvgIpc) is 3.02. The second kappa shape index (κ2) is 7.57. The molecule has 108 valence electrons. The Balaban J connectivity index is 1.89. The average molecular weight is 278 g/mol. The molecule has 2 heterocycles. The van der Waals surface area contributed by atoms with Crippen LogP contribution in [0.3, 0.4) is 0 Å². The van der Waals surface area contributed by atoms with Gasteiger partial charge < -0.3 is 9.64 Å². The van der Waals surface area contributed by atoms with E-state index in [4.69, 9.17) is 10.00 Å². The van der Waals surface area contributed by atoms with Crippen LogP contribution in [0.1, 0.15) is 17.0 Å². The number of hydrogen-bond donors (Lipinski definition) is 1. The highest BCUT2D eigenvalue weighted by Gasteiger charge is 2.19. The molecule has 0 unspecified atom stereocenters. The highest BCUT2D eigenvalue weighted by Crippen LogP contribution is 2.02. The number of nitriles is 1. The Kier molecular flexibility index (Phi) is 5.46. The zero-order valence-electron chi connectivity index (χ0n) is 11.3. The largest absolute Gasteiger partial charge is 0.379 e. The molecular formula is C12H18N6O2. The number of hydrogen-bond acceptors (Lipinski definition) is 6. The van der Waals surface area contributed by atoms with Gasteiger partial charge in [0.2, 0.25) is 5.82 Å². The van der Waals surface area contributed by atoms with E-state index in [0.717, 1.165) is 32.8 Å². The summed E-state index contributed by atoms with van der Waals surface area (Å²) in [5, 5.41) is 14.9. The number of aromatic nitrogens is 3. The van der Waals surface area contributed by atoms with Crippen molar-refractivity contribution in [2.45, 2.75) is 6.42 Å². The molecule has 0 saturated carbocycles. The van der Waals surface area contributed by atoms with Crippen molar-refractivity contribution in [3.05, 3.63) is 12.2 Å². The van der Waals surface area contributed by atoms with E-state index in [1.807, 2.05) is 0 Å². The van der Waals surface area contributed by atoms with Gasteiger partial charge >= 0.3 is 0 Å². The number of amides is 1. The summed E-state index contributed by atoms with van der Waals surface area (Å²) in [6.45, 7) is 4.96. The third-order valence-corrected chi connectivity index (χ3v) is 3.19. The third kappa shape index (κ3) is 4.01. The van der Waals surface area contributed by atoms with E-state index in [9.17, 15) is 4.79 Å². The number of H-pyrrole nitrogens is 1. The Morgan fingerprint density at radius 1 is 1.50 bits per heavy atom. The number of nitrogens with one attached hydrogen (secondary N) is 1. The lowest BCUT2D eigenvalue weighted by Crippen LogP contribution is -2.43. The monoisotopic (exact) mass is 278 g/mol. The van der Waals surface area contributed by atoms with Crippen LogP contribution in [-0.2, 0) is 4.74 Å². The van der Waals surface area contributed by atoms with Crippen LogP contribution in [0, 0.1) is 11.3 Å². The van der Waals surface area contributed by atoms with Gasteiger partial charge in [0.25, 0.3) is 5.91 Å². The van der Waals surface area contributed by atoms with E-state index in [2.05, 4.69) is 26.2 Å². The van der Waals surface area contributed by atoms with Crippen LogP contribution in [0.15, 0.2) is 6.33 Å². The molecule has 1 aliphatic heterocycles. The fourth-order valence-corrected chi connectivity index (χ4v) is 2.05. The van der Waals surface area contributed by atoms with Gasteiger partial charge in [-0.1, -0.05) is 0 Å². The quantitative estimate of drug-likeness (QED) is 0.752. The van der Waals surface area contributed by atoms with E-state index >= 15 is 0 Å². The van der Waals surface area contributed by atoms with E-state index < -0.39 is 0 Å². The second-order valence-electron chi connectivity index (χ2n) is 4.49. The van der Waals surface area contributed by atoms with Crippen molar-refractivity contribution in [2.24, 2.45) is 0 Å². The number of morpholine rings is 1. The number of nitrogens with zero attached hydrogens (tertiary/aromatic N) is 5. The molecular weight excluding hydrogens is 260 g/mol. The lowest BCUT2D eigenvalue weighted by molar-refractivity contribution is 0.0325. The summed E-state index contributed by atoms with van der Waals surface area (Å²) in [4.78, 5) is 20.0. The van der Waals surface area contributed by atoms with E-state index in [1.54, 1.807) is 4.90 Å². The third-order valence-electron chi connectivity index (χ3n) is 3.19. The van der Waals surface area contributed by atoms with Gasteiger partial charge in [-0.05, 0) is 0 Å². The molecule has 1 amide bonds. The summed E-state index contributed by atoms with van der Waals surface area (Å²) in [7, 11) is 0. The van der Waals surface area contributed by atoms with Gasteiger partial charge in [0.05, 0.1) is 25.7 Å². The first kappa shape index (κ1) is 14.4.